The lowest BCUT2D eigenvalue weighted by molar-refractivity contribution is 0.313. The van der Waals surface area contributed by atoms with Gasteiger partial charge in [-0.15, -0.1) is 12.4 Å². The Morgan fingerprint density at radius 3 is 2.22 bits per heavy atom. The quantitative estimate of drug-likeness (QED) is 0.248. The van der Waals surface area contributed by atoms with Gasteiger partial charge >= 0.3 is 0 Å². The molecule has 5 heteroatoms. The van der Waals surface area contributed by atoms with Crippen LogP contribution in [-0.2, 0) is 0 Å². The zero-order valence-corrected chi connectivity index (χ0v) is 6.35. The number of amidine groups is 1. The fourth-order valence-electron chi connectivity index (χ4n) is 0.356. The van der Waals surface area contributed by atoms with Crippen LogP contribution in [0.5, 0.6) is 0 Å². The van der Waals surface area contributed by atoms with Crippen molar-refractivity contribution in [2.45, 2.75) is 0 Å². The van der Waals surface area contributed by atoms with Crippen LogP contribution in [0.3, 0.4) is 0 Å². The van der Waals surface area contributed by atoms with E-state index in [1.807, 2.05) is 19.0 Å². The summed E-state index contributed by atoms with van der Waals surface area (Å²) in [6.45, 7) is 0.497. The molecule has 0 aliphatic carbocycles. The van der Waals surface area contributed by atoms with Gasteiger partial charge < -0.3 is 15.8 Å². The molecule has 0 atom stereocenters. The van der Waals surface area contributed by atoms with Crippen LogP contribution < -0.4 is 5.73 Å². The molecule has 0 unspecified atom stereocenters. The zero-order chi connectivity index (χ0) is 6.57. The molecule has 0 aromatic carbocycles. The van der Waals surface area contributed by atoms with Crippen molar-refractivity contribution in [2.24, 2.45) is 10.9 Å². The molecule has 0 saturated carbocycles. The SMILES string of the molecule is CN(C)CC(N)=NO.Cl. The van der Waals surface area contributed by atoms with Crippen molar-refractivity contribution in [1.82, 2.24) is 4.90 Å². The van der Waals surface area contributed by atoms with Crippen LogP contribution >= 0.6 is 12.4 Å². The van der Waals surface area contributed by atoms with Crippen LogP contribution in [-0.4, -0.2) is 36.6 Å². The van der Waals surface area contributed by atoms with Crippen LogP contribution in [0.2, 0.25) is 0 Å². The standard InChI is InChI=1S/C4H11N3O.ClH/c1-7(2)3-4(5)6-8;/h8H,3H2,1-2H3,(H2,5,6);1H. The normalized spacial score (nSPS) is 11.2. The van der Waals surface area contributed by atoms with Crippen LogP contribution in [0.4, 0.5) is 0 Å². The van der Waals surface area contributed by atoms with Crippen molar-refractivity contribution in [2.75, 3.05) is 20.6 Å². The molecule has 0 rings (SSSR count). The average molecular weight is 154 g/mol. The minimum absolute atomic E-state index is 0. The molecule has 0 heterocycles. The summed E-state index contributed by atoms with van der Waals surface area (Å²) in [5, 5.41) is 10.8. The number of hydrogen-bond donors (Lipinski definition) is 2. The summed E-state index contributed by atoms with van der Waals surface area (Å²) < 4.78 is 0. The molecule has 0 aliphatic heterocycles. The summed E-state index contributed by atoms with van der Waals surface area (Å²) in [6, 6.07) is 0. The van der Waals surface area contributed by atoms with Crippen LogP contribution in [0.25, 0.3) is 0 Å². The maximum Gasteiger partial charge on any atom is 0.153 e. The fourth-order valence-corrected chi connectivity index (χ4v) is 0.356. The van der Waals surface area contributed by atoms with Gasteiger partial charge in [0.25, 0.3) is 0 Å². The Hall–Kier alpha value is -0.480. The predicted molar refractivity (Wildman–Crippen MR) is 39.2 cm³/mol. The summed E-state index contributed by atoms with van der Waals surface area (Å²) in [6.07, 6.45) is 0. The fraction of sp³-hybridized carbons (Fsp3) is 0.750. The van der Waals surface area contributed by atoms with Crippen LogP contribution in [0.1, 0.15) is 0 Å². The van der Waals surface area contributed by atoms with E-state index in [1.54, 1.807) is 0 Å². The van der Waals surface area contributed by atoms with Gasteiger partial charge in [-0.1, -0.05) is 5.16 Å². The minimum Gasteiger partial charge on any atom is -0.409 e. The first-order valence-electron chi connectivity index (χ1n) is 2.28. The van der Waals surface area contributed by atoms with Gasteiger partial charge in [0.15, 0.2) is 5.84 Å². The van der Waals surface area contributed by atoms with Crippen molar-refractivity contribution in [3.05, 3.63) is 0 Å². The number of rotatable bonds is 2. The summed E-state index contributed by atoms with van der Waals surface area (Å²) in [7, 11) is 3.69. The first-order valence-corrected chi connectivity index (χ1v) is 2.28. The van der Waals surface area contributed by atoms with Crippen molar-refractivity contribution in [3.63, 3.8) is 0 Å². The van der Waals surface area contributed by atoms with E-state index in [1.165, 1.54) is 0 Å². The molecule has 0 radical (unpaired) electrons. The molecule has 0 aliphatic rings. The predicted octanol–water partition coefficient (Wildman–Crippen LogP) is -0.284. The van der Waals surface area contributed by atoms with E-state index in [-0.39, 0.29) is 18.2 Å². The Balaban J connectivity index is 0. The van der Waals surface area contributed by atoms with Gasteiger partial charge in [0.2, 0.25) is 0 Å². The highest BCUT2D eigenvalue weighted by atomic mass is 35.5. The second-order valence-corrected chi connectivity index (χ2v) is 1.83. The van der Waals surface area contributed by atoms with Gasteiger partial charge in [0.05, 0.1) is 6.54 Å². The van der Waals surface area contributed by atoms with Gasteiger partial charge in [-0.25, -0.2) is 0 Å². The van der Waals surface area contributed by atoms with E-state index in [9.17, 15) is 0 Å². The number of oxime groups is 1. The van der Waals surface area contributed by atoms with Crippen molar-refractivity contribution in [3.8, 4) is 0 Å². The highest BCUT2D eigenvalue weighted by Gasteiger charge is 1.91. The van der Waals surface area contributed by atoms with E-state index in [0.717, 1.165) is 0 Å². The Morgan fingerprint density at radius 1 is 1.67 bits per heavy atom. The molecule has 0 aromatic heterocycles. The van der Waals surface area contributed by atoms with Crippen molar-refractivity contribution >= 4 is 18.2 Å². The minimum atomic E-state index is 0. The highest BCUT2D eigenvalue weighted by molar-refractivity contribution is 5.85. The average Bonchev–Trinajstić information content (AvgIpc) is 1.65. The molecule has 4 nitrogen and oxygen atoms in total. The van der Waals surface area contributed by atoms with Gasteiger partial charge in [-0.3, -0.25) is 0 Å². The lowest BCUT2D eigenvalue weighted by atomic mass is 10.6. The molecule has 0 aromatic rings. The summed E-state index contributed by atoms with van der Waals surface area (Å²) in [5.41, 5.74) is 5.13. The maximum absolute atomic E-state index is 8.02. The second kappa shape index (κ2) is 5.65. The number of halogens is 1. The number of likely N-dealkylation sites (N-methyl/N-ethyl adjacent to an activating group) is 1. The number of nitrogens with two attached hydrogens (primary N) is 1. The summed E-state index contributed by atoms with van der Waals surface area (Å²) in [5.74, 6) is 0.231. The van der Waals surface area contributed by atoms with Gasteiger partial charge in [-0.2, -0.15) is 0 Å². The van der Waals surface area contributed by atoms with Gasteiger partial charge in [0, 0.05) is 0 Å². The molecule has 0 saturated heterocycles. The molecule has 0 amide bonds. The number of hydrogen-bond acceptors (Lipinski definition) is 3. The van der Waals surface area contributed by atoms with Crippen molar-refractivity contribution < 1.29 is 5.21 Å². The summed E-state index contributed by atoms with van der Waals surface area (Å²) >= 11 is 0. The Bertz CT molecular complexity index is 93.8. The van der Waals surface area contributed by atoms with E-state index in [4.69, 9.17) is 10.9 Å². The van der Waals surface area contributed by atoms with E-state index < -0.39 is 0 Å². The molecule has 56 valence electrons. The second-order valence-electron chi connectivity index (χ2n) is 1.83. The highest BCUT2D eigenvalue weighted by Crippen LogP contribution is 1.71. The lowest BCUT2D eigenvalue weighted by Crippen LogP contribution is -2.27. The third-order valence-corrected chi connectivity index (χ3v) is 0.607. The van der Waals surface area contributed by atoms with Crippen molar-refractivity contribution in [1.29, 1.82) is 0 Å². The van der Waals surface area contributed by atoms with E-state index >= 15 is 0 Å². The summed E-state index contributed by atoms with van der Waals surface area (Å²) in [4.78, 5) is 1.81. The van der Waals surface area contributed by atoms with Gasteiger partial charge in [0.1, 0.15) is 0 Å². The molecule has 0 bridgehead atoms. The monoisotopic (exact) mass is 153 g/mol. The third-order valence-electron chi connectivity index (χ3n) is 0.607. The first-order chi connectivity index (χ1) is 3.66. The van der Waals surface area contributed by atoms with Gasteiger partial charge in [-0.05, 0) is 14.1 Å². The topological polar surface area (TPSA) is 61.8 Å². The van der Waals surface area contributed by atoms with Crippen LogP contribution in [0.15, 0.2) is 5.16 Å². The van der Waals surface area contributed by atoms with E-state index in [2.05, 4.69) is 5.16 Å². The molecular formula is C4H12ClN3O. The molecule has 0 spiro atoms. The molecule has 9 heavy (non-hydrogen) atoms. The van der Waals surface area contributed by atoms with E-state index in [0.29, 0.717) is 6.54 Å². The first kappa shape index (κ1) is 11.3. The Kier molecular flexibility index (Phi) is 7.12. The maximum atomic E-state index is 8.02. The van der Waals surface area contributed by atoms with Crippen LogP contribution in [0, 0.1) is 0 Å². The molecular weight excluding hydrogens is 142 g/mol. The molecule has 0 fully saturated rings. The third kappa shape index (κ3) is 7.52. The Labute approximate surface area is 60.7 Å². The Morgan fingerprint density at radius 2 is 2.11 bits per heavy atom. The zero-order valence-electron chi connectivity index (χ0n) is 5.53. The smallest absolute Gasteiger partial charge is 0.153 e. The lowest BCUT2D eigenvalue weighted by Gasteiger charge is -2.05. The number of nitrogens with zero attached hydrogens (tertiary/aromatic N) is 2. The molecule has 3 N–H and O–H groups in total. The largest absolute Gasteiger partial charge is 0.409 e.